The number of piperidine rings is 1. The monoisotopic (exact) mass is 477 g/mol. The second-order valence-corrected chi connectivity index (χ2v) is 10.5. The summed E-state index contributed by atoms with van der Waals surface area (Å²) in [5.41, 5.74) is 2.16. The van der Waals surface area contributed by atoms with Gasteiger partial charge >= 0.3 is 0 Å². The average molecular weight is 478 g/mol. The second-order valence-electron chi connectivity index (χ2n) is 8.14. The number of ether oxygens (including phenoxy) is 1. The molecule has 2 aromatic carbocycles. The van der Waals surface area contributed by atoms with Gasteiger partial charge in [-0.3, -0.25) is 4.79 Å². The van der Waals surface area contributed by atoms with Crippen LogP contribution in [0.1, 0.15) is 18.4 Å². The van der Waals surface area contributed by atoms with Gasteiger partial charge in [0.2, 0.25) is 15.9 Å². The minimum absolute atomic E-state index is 0.113. The van der Waals surface area contributed by atoms with E-state index in [1.165, 1.54) is 16.4 Å². The summed E-state index contributed by atoms with van der Waals surface area (Å²) in [6.07, 6.45) is 1.33. The molecule has 0 radical (unpaired) electrons. The fraction of sp³-hybridized carbons (Fsp3) is 0.435. The molecule has 2 aliphatic rings. The van der Waals surface area contributed by atoms with Crippen LogP contribution in [0.4, 0.5) is 5.69 Å². The number of morpholine rings is 1. The lowest BCUT2D eigenvalue weighted by Crippen LogP contribution is -2.45. The normalized spacial score (nSPS) is 20.2. The number of anilines is 1. The van der Waals surface area contributed by atoms with Gasteiger partial charge in [0.1, 0.15) is 0 Å². The van der Waals surface area contributed by atoms with E-state index in [2.05, 4.69) is 22.3 Å². The molecular weight excluding hydrogens is 450 g/mol. The molecule has 2 heterocycles. The summed E-state index contributed by atoms with van der Waals surface area (Å²) in [5, 5.41) is 3.46. The molecule has 0 aromatic heterocycles. The molecule has 1 amide bonds. The van der Waals surface area contributed by atoms with Crippen molar-refractivity contribution in [2.75, 3.05) is 44.3 Å². The van der Waals surface area contributed by atoms with E-state index in [1.54, 1.807) is 12.1 Å². The quantitative estimate of drug-likeness (QED) is 0.692. The zero-order chi connectivity index (χ0) is 22.6. The van der Waals surface area contributed by atoms with Gasteiger partial charge in [0.05, 0.1) is 24.0 Å². The summed E-state index contributed by atoms with van der Waals surface area (Å²) in [7, 11) is -3.65. The number of nitrogens with one attached hydrogen (secondary N) is 1. The number of nitrogens with zero attached hydrogens (tertiary/aromatic N) is 2. The van der Waals surface area contributed by atoms with Crippen molar-refractivity contribution in [1.29, 1.82) is 0 Å². The summed E-state index contributed by atoms with van der Waals surface area (Å²) < 4.78 is 32.7. The smallest absolute Gasteiger partial charge is 0.243 e. The topological polar surface area (TPSA) is 79.0 Å². The van der Waals surface area contributed by atoms with Gasteiger partial charge in [0.15, 0.2) is 0 Å². The van der Waals surface area contributed by atoms with Crippen molar-refractivity contribution in [3.8, 4) is 0 Å². The third-order valence-electron chi connectivity index (χ3n) is 5.99. The minimum atomic E-state index is -3.65. The van der Waals surface area contributed by atoms with E-state index in [0.717, 1.165) is 37.6 Å². The molecule has 2 aliphatic heterocycles. The van der Waals surface area contributed by atoms with E-state index >= 15 is 0 Å². The standard InChI is InChI=1S/C23H28ClN3O4S/c24-20-5-9-22(10-6-20)32(29,30)27-11-1-2-19(17-27)23(28)25-16-18-3-7-21(8-4-18)26-12-14-31-15-13-26/h3-10,19H,1-2,11-17H2,(H,25,28)/t19-/m1/s1. The second kappa shape index (κ2) is 10.2. The molecular formula is C23H28ClN3O4S. The maximum absolute atomic E-state index is 12.9. The molecule has 172 valence electrons. The van der Waals surface area contributed by atoms with Crippen LogP contribution in [0.2, 0.25) is 5.02 Å². The van der Waals surface area contributed by atoms with Gasteiger partial charge < -0.3 is 15.0 Å². The summed E-state index contributed by atoms with van der Waals surface area (Å²) in [6, 6.07) is 14.3. The lowest BCUT2D eigenvalue weighted by Gasteiger charge is -2.31. The van der Waals surface area contributed by atoms with Crippen LogP contribution in [-0.4, -0.2) is 58.0 Å². The molecule has 2 aromatic rings. The first-order chi connectivity index (χ1) is 15.4. The van der Waals surface area contributed by atoms with E-state index in [-0.39, 0.29) is 23.3 Å². The van der Waals surface area contributed by atoms with E-state index in [0.29, 0.717) is 31.0 Å². The van der Waals surface area contributed by atoms with E-state index in [1.807, 2.05) is 12.1 Å². The molecule has 0 aliphatic carbocycles. The lowest BCUT2D eigenvalue weighted by molar-refractivity contribution is -0.126. The maximum Gasteiger partial charge on any atom is 0.243 e. The van der Waals surface area contributed by atoms with Crippen LogP contribution in [0.3, 0.4) is 0 Å². The summed E-state index contributed by atoms with van der Waals surface area (Å²) in [6.45, 7) is 4.27. The number of carbonyl (C=O) groups excluding carboxylic acids is 1. The van der Waals surface area contributed by atoms with Crippen LogP contribution in [0.5, 0.6) is 0 Å². The molecule has 32 heavy (non-hydrogen) atoms. The van der Waals surface area contributed by atoms with Crippen LogP contribution in [0.15, 0.2) is 53.4 Å². The molecule has 1 atom stereocenters. The molecule has 0 bridgehead atoms. The highest BCUT2D eigenvalue weighted by Crippen LogP contribution is 2.25. The first-order valence-electron chi connectivity index (χ1n) is 10.9. The Bertz CT molecular complexity index is 1020. The first-order valence-corrected chi connectivity index (χ1v) is 12.7. The minimum Gasteiger partial charge on any atom is -0.378 e. The molecule has 2 fully saturated rings. The van der Waals surface area contributed by atoms with Gasteiger partial charge in [-0.15, -0.1) is 0 Å². The van der Waals surface area contributed by atoms with Gasteiger partial charge in [-0.05, 0) is 54.8 Å². The average Bonchev–Trinajstić information content (AvgIpc) is 2.84. The highest BCUT2D eigenvalue weighted by Gasteiger charge is 2.33. The van der Waals surface area contributed by atoms with Crippen molar-refractivity contribution in [2.24, 2.45) is 5.92 Å². The van der Waals surface area contributed by atoms with Crippen LogP contribution in [-0.2, 0) is 26.1 Å². The molecule has 2 saturated heterocycles. The van der Waals surface area contributed by atoms with Crippen molar-refractivity contribution in [2.45, 2.75) is 24.3 Å². The Kier molecular flexibility index (Phi) is 7.35. The van der Waals surface area contributed by atoms with Gasteiger partial charge in [0, 0.05) is 43.4 Å². The Morgan fingerprint density at radius 2 is 1.72 bits per heavy atom. The molecule has 1 N–H and O–H groups in total. The van der Waals surface area contributed by atoms with E-state index in [9.17, 15) is 13.2 Å². The number of hydrogen-bond donors (Lipinski definition) is 1. The first kappa shape index (κ1) is 23.0. The number of rotatable bonds is 6. The van der Waals surface area contributed by atoms with Crippen molar-refractivity contribution in [1.82, 2.24) is 9.62 Å². The van der Waals surface area contributed by atoms with E-state index < -0.39 is 10.0 Å². The lowest BCUT2D eigenvalue weighted by atomic mass is 9.98. The zero-order valence-corrected chi connectivity index (χ0v) is 19.4. The Hall–Kier alpha value is -2.13. The van der Waals surface area contributed by atoms with Gasteiger partial charge in [-0.2, -0.15) is 4.31 Å². The maximum atomic E-state index is 12.9. The Morgan fingerprint density at radius 1 is 1.03 bits per heavy atom. The number of hydrogen-bond acceptors (Lipinski definition) is 5. The highest BCUT2D eigenvalue weighted by molar-refractivity contribution is 7.89. The molecule has 9 heteroatoms. The fourth-order valence-electron chi connectivity index (χ4n) is 4.11. The third kappa shape index (κ3) is 5.43. The summed E-state index contributed by atoms with van der Waals surface area (Å²) in [5.74, 6) is -0.475. The molecule has 0 saturated carbocycles. The highest BCUT2D eigenvalue weighted by atomic mass is 35.5. The number of carbonyl (C=O) groups is 1. The predicted molar refractivity (Wildman–Crippen MR) is 124 cm³/mol. The number of halogens is 1. The Morgan fingerprint density at radius 3 is 2.41 bits per heavy atom. The largest absolute Gasteiger partial charge is 0.378 e. The van der Waals surface area contributed by atoms with Crippen LogP contribution >= 0.6 is 11.6 Å². The summed E-state index contributed by atoms with van der Waals surface area (Å²) >= 11 is 5.88. The van der Waals surface area contributed by atoms with Gasteiger partial charge in [-0.25, -0.2) is 8.42 Å². The summed E-state index contributed by atoms with van der Waals surface area (Å²) in [4.78, 5) is 15.2. The molecule has 4 rings (SSSR count). The van der Waals surface area contributed by atoms with Crippen LogP contribution in [0, 0.1) is 5.92 Å². The molecule has 0 unspecified atom stereocenters. The molecule has 7 nitrogen and oxygen atoms in total. The SMILES string of the molecule is O=C(NCc1ccc(N2CCOCC2)cc1)[C@@H]1CCCN(S(=O)(=O)c2ccc(Cl)cc2)C1. The van der Waals surface area contributed by atoms with E-state index in [4.69, 9.17) is 16.3 Å². The Balaban J connectivity index is 1.33. The number of benzene rings is 2. The van der Waals surface area contributed by atoms with Crippen molar-refractivity contribution in [3.63, 3.8) is 0 Å². The van der Waals surface area contributed by atoms with Crippen molar-refractivity contribution >= 4 is 33.2 Å². The van der Waals surface area contributed by atoms with Gasteiger partial charge in [-0.1, -0.05) is 23.7 Å². The van der Waals surface area contributed by atoms with Crippen molar-refractivity contribution in [3.05, 3.63) is 59.1 Å². The number of sulfonamides is 1. The number of amides is 1. The molecule has 0 spiro atoms. The Labute approximate surface area is 194 Å². The zero-order valence-electron chi connectivity index (χ0n) is 17.9. The third-order valence-corrected chi connectivity index (χ3v) is 8.12. The van der Waals surface area contributed by atoms with Crippen LogP contribution in [0.25, 0.3) is 0 Å². The van der Waals surface area contributed by atoms with Gasteiger partial charge in [0.25, 0.3) is 0 Å². The predicted octanol–water partition coefficient (Wildman–Crippen LogP) is 2.89. The van der Waals surface area contributed by atoms with Crippen molar-refractivity contribution < 1.29 is 17.9 Å². The van der Waals surface area contributed by atoms with Crippen LogP contribution < -0.4 is 10.2 Å². The fourth-order valence-corrected chi connectivity index (χ4v) is 5.76.